The van der Waals surface area contributed by atoms with E-state index in [9.17, 15) is 14.4 Å². The van der Waals surface area contributed by atoms with Crippen molar-refractivity contribution in [1.29, 1.82) is 0 Å². The van der Waals surface area contributed by atoms with Crippen LogP contribution in [0.1, 0.15) is 156 Å². The van der Waals surface area contributed by atoms with Crippen LogP contribution in [0.25, 0.3) is 0 Å². The molecule has 0 saturated heterocycles. The lowest BCUT2D eigenvalue weighted by Crippen LogP contribution is -2.30. The summed E-state index contributed by atoms with van der Waals surface area (Å²) in [6.45, 7) is 6.10. The van der Waals surface area contributed by atoms with Crippen molar-refractivity contribution in [3.05, 3.63) is 170 Å². The van der Waals surface area contributed by atoms with Gasteiger partial charge in [-0.05, 0) is 83.5 Å². The molecule has 0 aliphatic carbocycles. The molecule has 0 N–H and O–H groups in total. The fourth-order valence-electron chi connectivity index (χ4n) is 5.72. The Bertz CT molecular complexity index is 1570. The Morgan fingerprint density at radius 1 is 0.328 bits per heavy atom. The number of unbranched alkanes of at least 4 members (excludes halogenated alkanes) is 11. The van der Waals surface area contributed by atoms with Gasteiger partial charge in [-0.15, -0.1) is 0 Å². The van der Waals surface area contributed by atoms with Gasteiger partial charge in [0.05, 0.1) is 0 Å². The average molecular weight is 877 g/mol. The first-order valence-electron chi connectivity index (χ1n) is 24.3. The van der Waals surface area contributed by atoms with Crippen molar-refractivity contribution in [2.75, 3.05) is 13.2 Å². The van der Waals surface area contributed by atoms with E-state index in [0.717, 1.165) is 103 Å². The lowest BCUT2D eigenvalue weighted by Gasteiger charge is -2.18. The molecule has 0 aliphatic rings. The zero-order chi connectivity index (χ0) is 46.5. The van der Waals surface area contributed by atoms with E-state index in [1.165, 1.54) is 0 Å². The Labute approximate surface area is 390 Å². The fourth-order valence-corrected chi connectivity index (χ4v) is 5.72. The smallest absolute Gasteiger partial charge is 0.306 e. The van der Waals surface area contributed by atoms with Gasteiger partial charge in [-0.3, -0.25) is 14.4 Å². The molecule has 0 aromatic heterocycles. The predicted molar refractivity (Wildman–Crippen MR) is 274 cm³/mol. The van der Waals surface area contributed by atoms with E-state index in [0.29, 0.717) is 19.3 Å². The van der Waals surface area contributed by atoms with Gasteiger partial charge in [0.1, 0.15) is 13.2 Å². The second-order valence-electron chi connectivity index (χ2n) is 15.2. The van der Waals surface area contributed by atoms with Crippen LogP contribution in [0.15, 0.2) is 170 Å². The van der Waals surface area contributed by atoms with Crippen molar-refractivity contribution in [2.24, 2.45) is 0 Å². The lowest BCUT2D eigenvalue weighted by molar-refractivity contribution is -0.167. The molecule has 6 heteroatoms. The minimum atomic E-state index is -0.835. The first kappa shape index (κ1) is 58.8. The van der Waals surface area contributed by atoms with Crippen LogP contribution in [0.2, 0.25) is 0 Å². The molecule has 1 unspecified atom stereocenters. The van der Waals surface area contributed by atoms with Crippen LogP contribution < -0.4 is 0 Å². The third-order valence-electron chi connectivity index (χ3n) is 9.27. The maximum absolute atomic E-state index is 12.8. The summed E-state index contributed by atoms with van der Waals surface area (Å²) in [6.07, 6.45) is 74.7. The van der Waals surface area contributed by atoms with Gasteiger partial charge in [-0.2, -0.15) is 0 Å². The minimum absolute atomic E-state index is 0.128. The number of carbonyl (C=O) groups is 3. The van der Waals surface area contributed by atoms with Crippen LogP contribution in [0.3, 0.4) is 0 Å². The van der Waals surface area contributed by atoms with Crippen molar-refractivity contribution < 1.29 is 28.6 Å². The van der Waals surface area contributed by atoms with Crippen LogP contribution in [0, 0.1) is 0 Å². The Kier molecular flexibility index (Phi) is 46.3. The first-order valence-corrected chi connectivity index (χ1v) is 24.3. The lowest BCUT2D eigenvalue weighted by atomic mass is 10.1. The first-order chi connectivity index (χ1) is 31.5. The zero-order valence-corrected chi connectivity index (χ0v) is 40.0. The number of carbonyl (C=O) groups excluding carboxylic acids is 3. The van der Waals surface area contributed by atoms with Gasteiger partial charge < -0.3 is 14.2 Å². The van der Waals surface area contributed by atoms with Crippen molar-refractivity contribution in [3.8, 4) is 0 Å². The molecule has 64 heavy (non-hydrogen) atoms. The Balaban J connectivity index is 4.65. The van der Waals surface area contributed by atoms with E-state index in [2.05, 4.69) is 69.4 Å². The van der Waals surface area contributed by atoms with E-state index >= 15 is 0 Å². The van der Waals surface area contributed by atoms with Gasteiger partial charge in [-0.1, -0.05) is 223 Å². The van der Waals surface area contributed by atoms with Crippen LogP contribution in [-0.4, -0.2) is 37.2 Å². The summed E-state index contributed by atoms with van der Waals surface area (Å²) in [7, 11) is 0. The van der Waals surface area contributed by atoms with Gasteiger partial charge in [0.2, 0.25) is 0 Å². The highest BCUT2D eigenvalue weighted by molar-refractivity contribution is 5.71. The summed E-state index contributed by atoms with van der Waals surface area (Å²) in [4.78, 5) is 37.9. The molecule has 6 nitrogen and oxygen atoms in total. The molecule has 0 aromatic rings. The van der Waals surface area contributed by atoms with Crippen molar-refractivity contribution in [3.63, 3.8) is 0 Å². The van der Waals surface area contributed by atoms with Gasteiger partial charge in [0.25, 0.3) is 0 Å². The summed E-state index contributed by atoms with van der Waals surface area (Å²) < 4.78 is 16.7. The van der Waals surface area contributed by atoms with Crippen LogP contribution in [0.5, 0.6) is 0 Å². The number of ether oxygens (including phenoxy) is 3. The molecule has 0 amide bonds. The molecule has 0 radical (unpaired) electrons. The molecule has 1 atom stereocenters. The predicted octanol–water partition coefficient (Wildman–Crippen LogP) is 16.0. The molecular formula is C58H84O6. The second-order valence-corrected chi connectivity index (χ2v) is 15.2. The van der Waals surface area contributed by atoms with Gasteiger partial charge in [-0.25, -0.2) is 0 Å². The number of hydrogen-bond acceptors (Lipinski definition) is 6. The van der Waals surface area contributed by atoms with Gasteiger partial charge in [0, 0.05) is 19.3 Å². The Hall–Kier alpha value is -5.23. The molecule has 0 rings (SSSR count). The zero-order valence-electron chi connectivity index (χ0n) is 40.0. The molecule has 0 aliphatic heterocycles. The molecule has 0 saturated carbocycles. The molecule has 0 spiro atoms. The minimum Gasteiger partial charge on any atom is -0.462 e. The maximum atomic E-state index is 12.8. The summed E-state index contributed by atoms with van der Waals surface area (Å²) in [5.41, 5.74) is 0. The van der Waals surface area contributed by atoms with E-state index in [-0.39, 0.29) is 44.0 Å². The highest BCUT2D eigenvalue weighted by Crippen LogP contribution is 2.11. The molecule has 0 bridgehead atoms. The highest BCUT2D eigenvalue weighted by atomic mass is 16.6. The number of rotatable bonds is 40. The van der Waals surface area contributed by atoms with Crippen molar-refractivity contribution in [2.45, 2.75) is 162 Å². The highest BCUT2D eigenvalue weighted by Gasteiger charge is 2.19. The van der Waals surface area contributed by atoms with E-state index < -0.39 is 6.10 Å². The normalized spacial score (nSPS) is 13.6. The van der Waals surface area contributed by atoms with E-state index in [4.69, 9.17) is 14.2 Å². The summed E-state index contributed by atoms with van der Waals surface area (Å²) >= 11 is 0. The Morgan fingerprint density at radius 3 is 1.06 bits per heavy atom. The largest absolute Gasteiger partial charge is 0.462 e. The summed E-state index contributed by atoms with van der Waals surface area (Å²) in [5, 5.41) is 0. The monoisotopic (exact) mass is 877 g/mol. The van der Waals surface area contributed by atoms with Crippen molar-refractivity contribution in [1.82, 2.24) is 0 Å². The van der Waals surface area contributed by atoms with Gasteiger partial charge in [0.15, 0.2) is 6.10 Å². The number of hydrogen-bond donors (Lipinski definition) is 0. The van der Waals surface area contributed by atoms with Crippen molar-refractivity contribution >= 4 is 17.9 Å². The average Bonchev–Trinajstić information content (AvgIpc) is 3.29. The summed E-state index contributed by atoms with van der Waals surface area (Å²) in [5.74, 6) is -1.05. The quantitative estimate of drug-likeness (QED) is 0.0201. The molecular weight excluding hydrogens is 793 g/mol. The third-order valence-corrected chi connectivity index (χ3v) is 9.27. The molecule has 0 fully saturated rings. The molecule has 0 aromatic carbocycles. The van der Waals surface area contributed by atoms with E-state index in [1.807, 2.05) is 122 Å². The summed E-state index contributed by atoms with van der Waals surface area (Å²) in [6, 6.07) is 0. The second kappa shape index (κ2) is 50.4. The maximum Gasteiger partial charge on any atom is 0.306 e. The fraction of sp³-hybridized carbons (Fsp3) is 0.466. The van der Waals surface area contributed by atoms with Gasteiger partial charge >= 0.3 is 17.9 Å². The molecule has 0 heterocycles. The number of allylic oxidation sites excluding steroid dienone is 28. The Morgan fingerprint density at radius 2 is 0.641 bits per heavy atom. The standard InChI is InChI=1S/C58H84O6/c1-4-7-10-13-16-19-22-25-27-29-31-33-36-39-42-45-48-51-57(60)63-54-55(53-62-56(59)50-47-44-41-38-35-24-21-18-15-12-9-6-3)64-58(61)52-49-46-43-40-37-34-32-30-28-26-23-20-17-14-11-8-5-2/h7-14,16-23,25-34,36-37,55H,4-6,15,24,35,38-54H2,1-3H3/b10-7-,11-8-,12-9-,16-13-,17-14-,21-18-,22-19-,23-20-,27-25-,28-26-,31-29+,32-30+,36-33-,37-34-. The topological polar surface area (TPSA) is 78.9 Å². The van der Waals surface area contributed by atoms with Crippen LogP contribution in [-0.2, 0) is 28.6 Å². The SMILES string of the molecule is CC\C=C/C=C\C=C/C=C\C=C\C=C/CCCCCC(=O)OCC(COC(=O)CCCCCCC/C=C\C/C=C\CC)OC(=O)CCCCC\C=C/C=C/C=C\C=C/C=C\C=C/CC. The molecule has 352 valence electrons. The van der Waals surface area contributed by atoms with E-state index in [1.54, 1.807) is 0 Å². The van der Waals surface area contributed by atoms with Crippen LogP contribution >= 0.6 is 0 Å². The van der Waals surface area contributed by atoms with Crippen LogP contribution in [0.4, 0.5) is 0 Å². The number of esters is 3. The third kappa shape index (κ3) is 47.8.